The monoisotopic (exact) mass is 377 g/mol. The molecule has 0 aromatic heterocycles. The highest BCUT2D eigenvalue weighted by Gasteiger charge is 2.28. The fraction of sp³-hybridized carbons (Fsp3) is 0.500. The number of carbonyl (C=O) groups excluding carboxylic acids is 2. The molecule has 1 fully saturated rings. The van der Waals surface area contributed by atoms with Crippen molar-refractivity contribution in [3.63, 3.8) is 0 Å². The Morgan fingerprint density at radius 2 is 2.00 bits per heavy atom. The Balaban J connectivity index is 2.12. The van der Waals surface area contributed by atoms with Crippen LogP contribution in [0.3, 0.4) is 0 Å². The zero-order valence-electron chi connectivity index (χ0n) is 15.4. The van der Waals surface area contributed by atoms with Crippen molar-refractivity contribution in [1.29, 1.82) is 0 Å². The molecular weight excluding hydrogens is 354 g/mol. The molecule has 2 rings (SSSR count). The van der Waals surface area contributed by atoms with E-state index < -0.39 is 10.9 Å². The van der Waals surface area contributed by atoms with Crippen molar-refractivity contribution >= 4 is 23.5 Å². The van der Waals surface area contributed by atoms with E-state index >= 15 is 0 Å². The minimum Gasteiger partial charge on any atom is -0.480 e. The summed E-state index contributed by atoms with van der Waals surface area (Å²) < 4.78 is 0. The summed E-state index contributed by atoms with van der Waals surface area (Å²) in [6.45, 7) is 3.40. The number of likely N-dealkylation sites (tertiary alicyclic amines) is 1. The van der Waals surface area contributed by atoms with E-state index in [0.717, 1.165) is 0 Å². The molecule has 0 bridgehead atoms. The van der Waals surface area contributed by atoms with E-state index in [1.807, 2.05) is 0 Å². The summed E-state index contributed by atoms with van der Waals surface area (Å²) in [7, 11) is 0. The van der Waals surface area contributed by atoms with Gasteiger partial charge in [0.05, 0.1) is 4.92 Å². The average Bonchev–Trinajstić information content (AvgIpc) is 2.84. The lowest BCUT2D eigenvalue weighted by Gasteiger charge is -2.28. The highest BCUT2D eigenvalue weighted by molar-refractivity contribution is 5.95. The molecule has 9 heteroatoms. The van der Waals surface area contributed by atoms with Crippen LogP contribution in [0, 0.1) is 17.0 Å². The fourth-order valence-corrected chi connectivity index (χ4v) is 3.36. The van der Waals surface area contributed by atoms with E-state index in [1.165, 1.54) is 17.9 Å². The van der Waals surface area contributed by atoms with Gasteiger partial charge in [-0.2, -0.15) is 0 Å². The number of hydrogen-bond acceptors (Lipinski definition) is 5. The average molecular weight is 377 g/mol. The number of carboxylic acid groups (broad SMARTS) is 1. The lowest BCUT2D eigenvalue weighted by atomic mass is 10.1. The maximum absolute atomic E-state index is 12.8. The van der Waals surface area contributed by atoms with Crippen LogP contribution in [0.1, 0.15) is 42.1 Å². The van der Waals surface area contributed by atoms with Crippen molar-refractivity contribution in [2.45, 2.75) is 39.2 Å². The van der Waals surface area contributed by atoms with Crippen LogP contribution in [0.4, 0.5) is 5.69 Å². The molecule has 0 radical (unpaired) electrons. The van der Waals surface area contributed by atoms with Crippen molar-refractivity contribution in [3.8, 4) is 0 Å². The van der Waals surface area contributed by atoms with Gasteiger partial charge >= 0.3 is 5.97 Å². The number of aliphatic carboxylic acids is 1. The zero-order chi connectivity index (χ0) is 20.1. The summed E-state index contributed by atoms with van der Waals surface area (Å²) in [5.41, 5.74) is 0.635. The van der Waals surface area contributed by atoms with Crippen LogP contribution in [-0.4, -0.2) is 63.3 Å². The van der Waals surface area contributed by atoms with E-state index in [2.05, 4.69) is 0 Å². The van der Waals surface area contributed by atoms with Gasteiger partial charge in [-0.05, 0) is 32.3 Å². The highest BCUT2D eigenvalue weighted by atomic mass is 16.6. The Labute approximate surface area is 156 Å². The lowest BCUT2D eigenvalue weighted by molar-refractivity contribution is -0.385. The van der Waals surface area contributed by atoms with Crippen LogP contribution in [0.5, 0.6) is 0 Å². The number of carboxylic acids is 1. The first-order valence-electron chi connectivity index (χ1n) is 8.74. The van der Waals surface area contributed by atoms with Crippen LogP contribution >= 0.6 is 0 Å². The Bertz CT molecular complexity index is 763. The number of amides is 2. The Morgan fingerprint density at radius 1 is 1.30 bits per heavy atom. The van der Waals surface area contributed by atoms with Gasteiger partial charge in [0.15, 0.2) is 0 Å². The number of benzene rings is 1. The normalized spacial score (nSPS) is 17.1. The van der Waals surface area contributed by atoms with Crippen LogP contribution < -0.4 is 0 Å². The fourth-order valence-electron chi connectivity index (χ4n) is 3.36. The summed E-state index contributed by atoms with van der Waals surface area (Å²) in [6, 6.07) is 4.16. The molecule has 146 valence electrons. The van der Waals surface area contributed by atoms with Gasteiger partial charge in [0.1, 0.15) is 6.54 Å². The molecular formula is C18H23N3O6. The van der Waals surface area contributed by atoms with Crippen LogP contribution in [0.15, 0.2) is 18.2 Å². The number of nitro groups is 1. The smallest absolute Gasteiger partial charge is 0.323 e. The van der Waals surface area contributed by atoms with Crippen LogP contribution in [0.2, 0.25) is 0 Å². The Morgan fingerprint density at radius 3 is 2.59 bits per heavy atom. The zero-order valence-corrected chi connectivity index (χ0v) is 15.4. The molecule has 1 aliphatic heterocycles. The van der Waals surface area contributed by atoms with Gasteiger partial charge in [0.2, 0.25) is 5.91 Å². The summed E-state index contributed by atoms with van der Waals surface area (Å²) >= 11 is 0. The first-order valence-corrected chi connectivity index (χ1v) is 8.74. The van der Waals surface area contributed by atoms with Crippen molar-refractivity contribution in [2.24, 2.45) is 0 Å². The molecule has 1 saturated heterocycles. The van der Waals surface area contributed by atoms with Gasteiger partial charge in [-0.1, -0.05) is 6.07 Å². The van der Waals surface area contributed by atoms with E-state index in [4.69, 9.17) is 5.11 Å². The van der Waals surface area contributed by atoms with Crippen molar-refractivity contribution < 1.29 is 24.4 Å². The number of rotatable bonds is 5. The van der Waals surface area contributed by atoms with Crippen molar-refractivity contribution in [3.05, 3.63) is 39.4 Å². The summed E-state index contributed by atoms with van der Waals surface area (Å²) in [6.07, 6.45) is 1.69. The quantitative estimate of drug-likeness (QED) is 0.617. The molecule has 1 unspecified atom stereocenters. The highest BCUT2D eigenvalue weighted by Crippen LogP contribution is 2.22. The first kappa shape index (κ1) is 20.3. The maximum Gasteiger partial charge on any atom is 0.323 e. The topological polar surface area (TPSA) is 121 Å². The Hall–Kier alpha value is -2.97. The number of carbonyl (C=O) groups is 3. The molecule has 1 atom stereocenters. The molecule has 9 nitrogen and oxygen atoms in total. The SMILES string of the molecule is CC(=O)N(CC(=O)O)C1CCCN(C(=O)c2ccc(C)c([N+](=O)[O-])c2)CC1. The second-order valence-electron chi connectivity index (χ2n) is 6.68. The van der Waals surface area contributed by atoms with Crippen molar-refractivity contribution in [1.82, 2.24) is 9.80 Å². The second-order valence-corrected chi connectivity index (χ2v) is 6.68. The van der Waals surface area contributed by atoms with Crippen LogP contribution in [0.25, 0.3) is 0 Å². The van der Waals surface area contributed by atoms with E-state index in [1.54, 1.807) is 24.0 Å². The minimum atomic E-state index is -1.07. The second kappa shape index (κ2) is 8.61. The molecule has 1 aliphatic rings. The van der Waals surface area contributed by atoms with E-state index in [0.29, 0.717) is 37.9 Å². The van der Waals surface area contributed by atoms with Gasteiger partial charge in [-0.3, -0.25) is 24.5 Å². The van der Waals surface area contributed by atoms with Gasteiger partial charge in [0, 0.05) is 43.2 Å². The van der Waals surface area contributed by atoms with Crippen LogP contribution in [-0.2, 0) is 9.59 Å². The molecule has 1 aromatic carbocycles. The molecule has 1 aromatic rings. The molecule has 0 saturated carbocycles. The molecule has 27 heavy (non-hydrogen) atoms. The summed E-state index contributed by atoms with van der Waals surface area (Å²) in [4.78, 5) is 49.0. The largest absolute Gasteiger partial charge is 0.480 e. The van der Waals surface area contributed by atoms with E-state index in [9.17, 15) is 24.5 Å². The molecule has 1 N–H and O–H groups in total. The third-order valence-electron chi connectivity index (χ3n) is 4.79. The van der Waals surface area contributed by atoms with Crippen molar-refractivity contribution in [2.75, 3.05) is 19.6 Å². The van der Waals surface area contributed by atoms with Gasteiger partial charge in [-0.25, -0.2) is 0 Å². The standard InChI is InChI=1S/C18H23N3O6/c1-12-5-6-14(10-16(12)21(26)27)18(25)19-8-3-4-15(7-9-19)20(13(2)22)11-17(23)24/h5-6,10,15H,3-4,7-9,11H2,1-2H3,(H,23,24). The molecule has 0 spiro atoms. The predicted molar refractivity (Wildman–Crippen MR) is 96.4 cm³/mol. The predicted octanol–water partition coefficient (Wildman–Crippen LogP) is 1.83. The summed E-state index contributed by atoms with van der Waals surface area (Å²) in [5, 5.41) is 20.1. The maximum atomic E-state index is 12.8. The number of hydrogen-bond donors (Lipinski definition) is 1. The number of nitro benzene ring substituents is 1. The number of aryl methyl sites for hydroxylation is 1. The third kappa shape index (κ3) is 5.02. The molecule has 0 aliphatic carbocycles. The summed E-state index contributed by atoms with van der Waals surface area (Å²) in [5.74, 6) is -1.68. The lowest BCUT2D eigenvalue weighted by Crippen LogP contribution is -2.43. The molecule has 2 amide bonds. The van der Waals surface area contributed by atoms with E-state index in [-0.39, 0.29) is 35.7 Å². The van der Waals surface area contributed by atoms with Gasteiger partial charge in [0.25, 0.3) is 11.6 Å². The van der Waals surface area contributed by atoms with Gasteiger partial charge in [-0.15, -0.1) is 0 Å². The van der Waals surface area contributed by atoms with Gasteiger partial charge < -0.3 is 14.9 Å². The molecule has 1 heterocycles. The minimum absolute atomic E-state index is 0.0993. The Kier molecular flexibility index (Phi) is 6.49. The third-order valence-corrected chi connectivity index (χ3v) is 4.79. The number of nitrogens with zero attached hydrogens (tertiary/aromatic N) is 3. The first-order chi connectivity index (χ1) is 12.7.